The lowest BCUT2D eigenvalue weighted by Crippen LogP contribution is -2.51. The number of rotatable bonds is 2. The van der Waals surface area contributed by atoms with Crippen molar-refractivity contribution in [3.05, 3.63) is 11.8 Å². The number of aromatic nitrogens is 2. The maximum absolute atomic E-state index is 12.8. The van der Waals surface area contributed by atoms with Gasteiger partial charge in [-0.1, -0.05) is 0 Å². The van der Waals surface area contributed by atoms with Crippen LogP contribution in [-0.4, -0.2) is 40.0 Å². The van der Waals surface area contributed by atoms with Crippen molar-refractivity contribution in [2.24, 2.45) is 0 Å². The number of halogens is 3. The number of hydrogen-bond donors (Lipinski definition) is 2. The topological polar surface area (TPSA) is 90.5 Å². The lowest BCUT2D eigenvalue weighted by Gasteiger charge is -2.36. The Balaban J connectivity index is 2.30. The van der Waals surface area contributed by atoms with E-state index in [9.17, 15) is 18.3 Å². The second-order valence-electron chi connectivity index (χ2n) is 4.75. The number of aliphatic hydroxyl groups is 1. The smallest absolute Gasteiger partial charge is 0.423 e. The van der Waals surface area contributed by atoms with Gasteiger partial charge in [0.05, 0.1) is 13.2 Å². The summed E-state index contributed by atoms with van der Waals surface area (Å²) in [6, 6.07) is 0. The number of nitrogens with two attached hydrogens (primary N) is 1. The largest absolute Gasteiger partial charge is 0.471 e. The molecule has 0 bridgehead atoms. The first kappa shape index (κ1) is 14.8. The van der Waals surface area contributed by atoms with Gasteiger partial charge in [-0.2, -0.15) is 18.2 Å². The summed E-state index contributed by atoms with van der Waals surface area (Å²) in [5, 5.41) is 10.1. The molecule has 0 spiro atoms. The molecule has 0 aromatic carbocycles. The Hall–Kier alpha value is -1.61. The summed E-state index contributed by atoms with van der Waals surface area (Å²) < 4.78 is 48.8. The molecule has 0 amide bonds. The van der Waals surface area contributed by atoms with Crippen LogP contribution in [0.5, 0.6) is 5.88 Å². The SMILES string of the molecule is C[C@@]1(O)COCC[C@@H]1Oc1nc(N)ncc1C(F)(F)F. The summed E-state index contributed by atoms with van der Waals surface area (Å²) >= 11 is 0. The third-order valence-corrected chi connectivity index (χ3v) is 2.94. The lowest BCUT2D eigenvalue weighted by molar-refractivity contribution is -0.152. The third-order valence-electron chi connectivity index (χ3n) is 2.94. The number of nitrogen functional groups attached to an aromatic ring is 1. The van der Waals surface area contributed by atoms with Crippen LogP contribution in [0.3, 0.4) is 0 Å². The fourth-order valence-electron chi connectivity index (χ4n) is 1.86. The molecule has 0 saturated carbocycles. The molecule has 2 heterocycles. The molecule has 2 atom stereocenters. The number of hydrogen-bond acceptors (Lipinski definition) is 6. The molecule has 1 aliphatic heterocycles. The van der Waals surface area contributed by atoms with Gasteiger partial charge in [-0.15, -0.1) is 0 Å². The van der Waals surface area contributed by atoms with Gasteiger partial charge in [0.15, 0.2) is 0 Å². The summed E-state index contributed by atoms with van der Waals surface area (Å²) in [7, 11) is 0. The molecule has 1 aromatic heterocycles. The van der Waals surface area contributed by atoms with E-state index in [0.29, 0.717) is 6.20 Å². The average molecular weight is 293 g/mol. The van der Waals surface area contributed by atoms with Gasteiger partial charge in [0.2, 0.25) is 11.8 Å². The highest BCUT2D eigenvalue weighted by Gasteiger charge is 2.41. The first-order chi connectivity index (χ1) is 9.20. The molecule has 6 nitrogen and oxygen atoms in total. The highest BCUT2D eigenvalue weighted by Crippen LogP contribution is 2.36. The molecule has 1 aromatic rings. The number of anilines is 1. The molecule has 1 saturated heterocycles. The Morgan fingerprint density at radius 1 is 1.55 bits per heavy atom. The summed E-state index contributed by atoms with van der Waals surface area (Å²) in [6.07, 6.45) is -4.73. The van der Waals surface area contributed by atoms with Gasteiger partial charge >= 0.3 is 6.18 Å². The van der Waals surface area contributed by atoms with Crippen LogP contribution in [0.2, 0.25) is 0 Å². The van der Waals surface area contributed by atoms with Crippen molar-refractivity contribution in [3.8, 4) is 5.88 Å². The van der Waals surface area contributed by atoms with Gasteiger partial charge in [-0.05, 0) is 6.92 Å². The predicted molar refractivity (Wildman–Crippen MR) is 61.9 cm³/mol. The molecule has 2 rings (SSSR count). The molecular formula is C11H14F3N3O3. The standard InChI is InChI=1S/C11H14F3N3O3/c1-10(18)5-19-3-2-7(10)20-8-6(11(12,13)14)4-16-9(15)17-8/h4,7,18H,2-3,5H2,1H3,(H2,15,16,17)/t7-,10+/m0/s1. The zero-order valence-corrected chi connectivity index (χ0v) is 10.6. The molecule has 1 aliphatic rings. The molecule has 1 fully saturated rings. The zero-order chi connectivity index (χ0) is 15.0. The van der Waals surface area contributed by atoms with Crippen LogP contribution in [0, 0.1) is 0 Å². The van der Waals surface area contributed by atoms with Crippen molar-refractivity contribution in [2.45, 2.75) is 31.2 Å². The van der Waals surface area contributed by atoms with Crippen molar-refractivity contribution < 1.29 is 27.8 Å². The van der Waals surface area contributed by atoms with E-state index in [-0.39, 0.29) is 25.6 Å². The Morgan fingerprint density at radius 2 is 2.25 bits per heavy atom. The van der Waals surface area contributed by atoms with E-state index in [1.807, 2.05) is 0 Å². The number of ether oxygens (including phenoxy) is 2. The van der Waals surface area contributed by atoms with E-state index in [1.54, 1.807) is 0 Å². The first-order valence-electron chi connectivity index (χ1n) is 5.86. The van der Waals surface area contributed by atoms with Crippen molar-refractivity contribution in [1.82, 2.24) is 9.97 Å². The van der Waals surface area contributed by atoms with E-state index in [1.165, 1.54) is 6.92 Å². The Kier molecular flexibility index (Phi) is 3.74. The van der Waals surface area contributed by atoms with Crippen LogP contribution in [-0.2, 0) is 10.9 Å². The van der Waals surface area contributed by atoms with Crippen molar-refractivity contribution in [2.75, 3.05) is 18.9 Å². The van der Waals surface area contributed by atoms with Crippen LogP contribution in [0.1, 0.15) is 18.9 Å². The summed E-state index contributed by atoms with van der Waals surface area (Å²) in [4.78, 5) is 6.79. The summed E-state index contributed by atoms with van der Waals surface area (Å²) in [6.45, 7) is 1.68. The molecule has 3 N–H and O–H groups in total. The van der Waals surface area contributed by atoms with Crippen molar-refractivity contribution >= 4 is 5.95 Å². The minimum absolute atomic E-state index is 0.0282. The van der Waals surface area contributed by atoms with Crippen LogP contribution in [0.4, 0.5) is 19.1 Å². The molecule has 0 aliphatic carbocycles. The first-order valence-corrected chi connectivity index (χ1v) is 5.86. The summed E-state index contributed by atoms with van der Waals surface area (Å²) in [5.41, 5.74) is 2.75. The average Bonchev–Trinajstić information content (AvgIpc) is 2.30. The van der Waals surface area contributed by atoms with Crippen LogP contribution in [0.15, 0.2) is 6.20 Å². The molecule has 20 heavy (non-hydrogen) atoms. The molecule has 0 radical (unpaired) electrons. The van der Waals surface area contributed by atoms with Gasteiger partial charge in [-0.25, -0.2) is 4.98 Å². The van der Waals surface area contributed by atoms with Gasteiger partial charge < -0.3 is 20.3 Å². The molecular weight excluding hydrogens is 279 g/mol. The highest BCUT2D eigenvalue weighted by molar-refractivity contribution is 5.32. The van der Waals surface area contributed by atoms with Gasteiger partial charge in [0.1, 0.15) is 17.3 Å². The zero-order valence-electron chi connectivity index (χ0n) is 10.6. The van der Waals surface area contributed by atoms with E-state index < -0.39 is 29.3 Å². The maximum Gasteiger partial charge on any atom is 0.423 e. The third kappa shape index (κ3) is 3.10. The second kappa shape index (κ2) is 5.06. The molecule has 0 unspecified atom stereocenters. The summed E-state index contributed by atoms with van der Waals surface area (Å²) in [5.74, 6) is -1.02. The molecule has 112 valence electrons. The monoisotopic (exact) mass is 293 g/mol. The van der Waals surface area contributed by atoms with E-state index in [0.717, 1.165) is 0 Å². The predicted octanol–water partition coefficient (Wildman–Crippen LogP) is 0.996. The lowest BCUT2D eigenvalue weighted by atomic mass is 9.95. The Labute approximate surface area is 112 Å². The van der Waals surface area contributed by atoms with Crippen LogP contribution >= 0.6 is 0 Å². The number of nitrogens with zero attached hydrogens (tertiary/aromatic N) is 2. The van der Waals surface area contributed by atoms with E-state index >= 15 is 0 Å². The second-order valence-corrected chi connectivity index (χ2v) is 4.75. The fraction of sp³-hybridized carbons (Fsp3) is 0.636. The van der Waals surface area contributed by atoms with Crippen LogP contribution in [0.25, 0.3) is 0 Å². The van der Waals surface area contributed by atoms with Gasteiger partial charge in [0.25, 0.3) is 0 Å². The number of alkyl halides is 3. The maximum atomic E-state index is 12.8. The van der Waals surface area contributed by atoms with Gasteiger partial charge in [0, 0.05) is 12.6 Å². The van der Waals surface area contributed by atoms with Crippen molar-refractivity contribution in [3.63, 3.8) is 0 Å². The highest BCUT2D eigenvalue weighted by atomic mass is 19.4. The van der Waals surface area contributed by atoms with Crippen LogP contribution < -0.4 is 10.5 Å². The minimum Gasteiger partial charge on any atom is -0.471 e. The van der Waals surface area contributed by atoms with E-state index in [2.05, 4.69) is 9.97 Å². The quantitative estimate of drug-likeness (QED) is 0.845. The molecule has 9 heteroatoms. The minimum atomic E-state index is -4.67. The fourth-order valence-corrected chi connectivity index (χ4v) is 1.86. The Bertz CT molecular complexity index is 494. The Morgan fingerprint density at radius 3 is 2.85 bits per heavy atom. The van der Waals surface area contributed by atoms with Crippen molar-refractivity contribution in [1.29, 1.82) is 0 Å². The van der Waals surface area contributed by atoms with Gasteiger partial charge in [-0.3, -0.25) is 0 Å². The normalized spacial score (nSPS) is 27.4. The van der Waals surface area contributed by atoms with E-state index in [4.69, 9.17) is 15.2 Å².